The lowest BCUT2D eigenvalue weighted by molar-refractivity contribution is 0.0956. The van der Waals surface area contributed by atoms with Gasteiger partial charge in [0.05, 0.1) is 0 Å². The Morgan fingerprint density at radius 1 is 1.25 bits per heavy atom. The van der Waals surface area contributed by atoms with Gasteiger partial charge in [0.25, 0.3) is 5.91 Å². The molecule has 1 aliphatic heterocycles. The molecule has 0 aliphatic carbocycles. The molecule has 1 aromatic heterocycles. The third kappa shape index (κ3) is 6.51. The summed E-state index contributed by atoms with van der Waals surface area (Å²) in [6, 6.07) is 7.65. The predicted molar refractivity (Wildman–Crippen MR) is 117 cm³/mol. The maximum absolute atomic E-state index is 12.5. The van der Waals surface area contributed by atoms with E-state index in [0.29, 0.717) is 18.7 Å². The molecule has 1 aliphatic rings. The first-order chi connectivity index (χ1) is 12.6. The van der Waals surface area contributed by atoms with Gasteiger partial charge in [0.2, 0.25) is 0 Å². The Bertz CT molecular complexity index is 788. The molecule has 7 heteroatoms. The van der Waals surface area contributed by atoms with Gasteiger partial charge in [0.1, 0.15) is 12.4 Å². The summed E-state index contributed by atoms with van der Waals surface area (Å²) in [6.45, 7) is 6.87. The van der Waals surface area contributed by atoms with Gasteiger partial charge >= 0.3 is 0 Å². The van der Waals surface area contributed by atoms with Gasteiger partial charge in [-0.2, -0.15) is 0 Å². The zero-order valence-corrected chi connectivity index (χ0v) is 17.8. The molecule has 28 heavy (non-hydrogen) atoms. The van der Waals surface area contributed by atoms with E-state index < -0.39 is 0 Å². The summed E-state index contributed by atoms with van der Waals surface area (Å²) in [4.78, 5) is 16.6. The number of hydrogen-bond donors (Lipinski definition) is 2. The Balaban J connectivity index is 0.00000196. The maximum Gasteiger partial charge on any atom is 0.251 e. The van der Waals surface area contributed by atoms with Gasteiger partial charge in [-0.1, -0.05) is 17.7 Å². The van der Waals surface area contributed by atoms with E-state index in [4.69, 9.17) is 4.74 Å². The fraction of sp³-hybridized carbons (Fsp3) is 0.333. The highest BCUT2D eigenvalue weighted by Gasteiger charge is 2.13. The highest BCUT2D eigenvalue weighted by Crippen LogP contribution is 2.25. The van der Waals surface area contributed by atoms with E-state index >= 15 is 0 Å². The molecule has 2 N–H and O–H groups in total. The van der Waals surface area contributed by atoms with Crippen LogP contribution in [-0.4, -0.2) is 30.5 Å². The molecule has 3 rings (SSSR count). The van der Waals surface area contributed by atoms with E-state index in [0.717, 1.165) is 42.0 Å². The summed E-state index contributed by atoms with van der Waals surface area (Å²) in [5.41, 5.74) is 4.88. The van der Waals surface area contributed by atoms with Gasteiger partial charge in [-0.25, -0.2) is 0 Å². The average Bonchev–Trinajstić information content (AvgIpc) is 2.67. The van der Waals surface area contributed by atoms with Crippen molar-refractivity contribution >= 4 is 30.7 Å². The summed E-state index contributed by atoms with van der Waals surface area (Å²) in [6.07, 6.45) is 6.67. The number of ether oxygens (including phenoxy) is 1. The second kappa shape index (κ2) is 11.7. The van der Waals surface area contributed by atoms with Gasteiger partial charge in [-0.3, -0.25) is 9.78 Å². The molecule has 5 nitrogen and oxygen atoms in total. The largest absolute Gasteiger partial charge is 0.488 e. The standard InChI is InChI=1S/C21H25N3O2.2ClH/c1-15-10-19(21(25)24-13-17-5-8-22-9-6-17)11-16(2)20(15)26-14-18-4-3-7-23-12-18;;/h3-5,7,10-12,22H,6,8-9,13-14H2,1-2H3,(H,24,25);2*1H. The van der Waals surface area contributed by atoms with Crippen LogP contribution in [0.25, 0.3) is 0 Å². The van der Waals surface area contributed by atoms with Crippen LogP contribution in [0.5, 0.6) is 5.75 Å². The zero-order chi connectivity index (χ0) is 18.4. The van der Waals surface area contributed by atoms with Crippen LogP contribution in [0.15, 0.2) is 48.3 Å². The van der Waals surface area contributed by atoms with Crippen LogP contribution in [0.1, 0.15) is 33.5 Å². The molecule has 0 radical (unpaired) electrons. The minimum Gasteiger partial charge on any atom is -0.488 e. The van der Waals surface area contributed by atoms with Gasteiger partial charge in [-0.15, -0.1) is 24.8 Å². The number of nitrogens with one attached hydrogen (secondary N) is 2. The number of nitrogens with zero attached hydrogens (tertiary/aromatic N) is 1. The molecule has 2 aromatic rings. The SMILES string of the molecule is Cc1cc(C(=O)NCC2=CCNCC2)cc(C)c1OCc1cccnc1.Cl.Cl. The first kappa shape index (κ1) is 24.0. The lowest BCUT2D eigenvalue weighted by Gasteiger charge is -2.16. The Kier molecular flexibility index (Phi) is 10.0. The van der Waals surface area contributed by atoms with Crippen LogP contribution in [0.4, 0.5) is 0 Å². The molecule has 0 spiro atoms. The quantitative estimate of drug-likeness (QED) is 0.693. The molecular weight excluding hydrogens is 397 g/mol. The van der Waals surface area contributed by atoms with Gasteiger partial charge in [-0.05, 0) is 56.1 Å². The fourth-order valence-electron chi connectivity index (χ4n) is 3.07. The van der Waals surface area contributed by atoms with E-state index in [9.17, 15) is 4.79 Å². The first-order valence-electron chi connectivity index (χ1n) is 8.93. The summed E-state index contributed by atoms with van der Waals surface area (Å²) in [5.74, 6) is 0.779. The van der Waals surface area contributed by atoms with Crippen molar-refractivity contribution in [2.75, 3.05) is 19.6 Å². The van der Waals surface area contributed by atoms with Crippen molar-refractivity contribution in [3.05, 3.63) is 70.6 Å². The number of carbonyl (C=O) groups excluding carboxylic acids is 1. The van der Waals surface area contributed by atoms with Crippen molar-refractivity contribution < 1.29 is 9.53 Å². The van der Waals surface area contributed by atoms with Crippen LogP contribution < -0.4 is 15.4 Å². The molecular formula is C21H27Cl2N3O2. The number of aromatic nitrogens is 1. The fourth-order valence-corrected chi connectivity index (χ4v) is 3.07. The highest BCUT2D eigenvalue weighted by atomic mass is 35.5. The van der Waals surface area contributed by atoms with Crippen molar-refractivity contribution in [3.8, 4) is 5.75 Å². The monoisotopic (exact) mass is 423 g/mol. The number of halogens is 2. The van der Waals surface area contributed by atoms with Crippen LogP contribution in [0.2, 0.25) is 0 Å². The average molecular weight is 424 g/mol. The lowest BCUT2D eigenvalue weighted by atomic mass is 10.0. The minimum absolute atomic E-state index is 0. The third-order valence-electron chi connectivity index (χ3n) is 4.46. The van der Waals surface area contributed by atoms with E-state index in [1.165, 1.54) is 5.57 Å². The number of rotatable bonds is 6. The molecule has 0 bridgehead atoms. The minimum atomic E-state index is -0.0468. The second-order valence-corrected chi connectivity index (χ2v) is 6.59. The van der Waals surface area contributed by atoms with Crippen LogP contribution in [-0.2, 0) is 6.61 Å². The van der Waals surface area contributed by atoms with E-state index in [-0.39, 0.29) is 30.7 Å². The Labute approximate surface area is 178 Å². The normalized spacial score (nSPS) is 12.9. The van der Waals surface area contributed by atoms with E-state index in [1.54, 1.807) is 12.4 Å². The molecule has 1 aromatic carbocycles. The molecule has 0 unspecified atom stereocenters. The Morgan fingerprint density at radius 3 is 2.61 bits per heavy atom. The number of hydrogen-bond acceptors (Lipinski definition) is 4. The highest BCUT2D eigenvalue weighted by molar-refractivity contribution is 5.95. The molecule has 0 saturated carbocycles. The summed E-state index contributed by atoms with van der Waals surface area (Å²) < 4.78 is 5.96. The number of pyridine rings is 1. The van der Waals surface area contributed by atoms with Crippen LogP contribution in [0, 0.1) is 13.8 Å². The number of amides is 1. The van der Waals surface area contributed by atoms with Crippen LogP contribution >= 0.6 is 24.8 Å². The van der Waals surface area contributed by atoms with Gasteiger partial charge in [0, 0.05) is 36.6 Å². The summed E-state index contributed by atoms with van der Waals surface area (Å²) in [5, 5.41) is 6.29. The third-order valence-corrected chi connectivity index (χ3v) is 4.46. The van der Waals surface area contributed by atoms with Crippen molar-refractivity contribution in [1.82, 2.24) is 15.6 Å². The van der Waals surface area contributed by atoms with Crippen molar-refractivity contribution in [2.45, 2.75) is 26.9 Å². The molecule has 152 valence electrons. The second-order valence-electron chi connectivity index (χ2n) is 6.59. The number of aryl methyl sites for hydroxylation is 2. The zero-order valence-electron chi connectivity index (χ0n) is 16.2. The lowest BCUT2D eigenvalue weighted by Crippen LogP contribution is -2.29. The maximum atomic E-state index is 12.5. The molecule has 0 fully saturated rings. The molecule has 0 saturated heterocycles. The smallest absolute Gasteiger partial charge is 0.251 e. The summed E-state index contributed by atoms with van der Waals surface area (Å²) in [7, 11) is 0. The van der Waals surface area contributed by atoms with Gasteiger partial charge < -0.3 is 15.4 Å². The number of carbonyl (C=O) groups is 1. The van der Waals surface area contributed by atoms with Gasteiger partial charge in [0.15, 0.2) is 0 Å². The van der Waals surface area contributed by atoms with E-state index in [2.05, 4.69) is 21.7 Å². The molecule has 1 amide bonds. The molecule has 0 atom stereocenters. The topological polar surface area (TPSA) is 63.2 Å². The van der Waals surface area contributed by atoms with Crippen molar-refractivity contribution in [3.63, 3.8) is 0 Å². The number of benzene rings is 1. The van der Waals surface area contributed by atoms with Crippen LogP contribution in [0.3, 0.4) is 0 Å². The first-order valence-corrected chi connectivity index (χ1v) is 8.93. The predicted octanol–water partition coefficient (Wildman–Crippen LogP) is 3.77. The van der Waals surface area contributed by atoms with E-state index in [1.807, 2.05) is 38.1 Å². The molecule has 2 heterocycles. The summed E-state index contributed by atoms with van der Waals surface area (Å²) >= 11 is 0. The van der Waals surface area contributed by atoms with Crippen molar-refractivity contribution in [2.24, 2.45) is 0 Å². The Hall–Kier alpha value is -2.08. The van der Waals surface area contributed by atoms with Crippen molar-refractivity contribution in [1.29, 1.82) is 0 Å². The Morgan fingerprint density at radius 2 is 2.00 bits per heavy atom.